The van der Waals surface area contributed by atoms with E-state index in [4.69, 9.17) is 28.3 Å². The number of rotatable bonds is 5. The molecule has 0 saturated carbocycles. The molecule has 0 unspecified atom stereocenters. The van der Waals surface area contributed by atoms with Gasteiger partial charge in [-0.2, -0.15) is 13.2 Å². The molecule has 0 atom stereocenters. The molecule has 0 spiro atoms. The minimum atomic E-state index is -4.51. The van der Waals surface area contributed by atoms with Gasteiger partial charge in [-0.1, -0.05) is 29.8 Å². The molecule has 2 aromatic carbocycles. The molecular weight excluding hydrogens is 516 g/mol. The number of carboxylic acid groups (broad SMARTS) is 1. The zero-order chi connectivity index (χ0) is 26.4. The van der Waals surface area contributed by atoms with Crippen molar-refractivity contribution in [2.45, 2.75) is 32.4 Å². The molecule has 10 heteroatoms. The van der Waals surface area contributed by atoms with Crippen LogP contribution in [0.5, 0.6) is 0 Å². The quantitative estimate of drug-likeness (QED) is 0.375. The van der Waals surface area contributed by atoms with E-state index >= 15 is 0 Å². The zero-order valence-electron chi connectivity index (χ0n) is 19.3. The van der Waals surface area contributed by atoms with E-state index in [-0.39, 0.29) is 38.9 Å². The topological polar surface area (TPSA) is 62.5 Å². The summed E-state index contributed by atoms with van der Waals surface area (Å²) in [6.07, 6.45) is -1.60. The maximum absolute atomic E-state index is 13.6. The molecule has 0 radical (unpaired) electrons. The zero-order valence-corrected chi connectivity index (χ0v) is 20.8. The third-order valence-electron chi connectivity index (χ3n) is 6.60. The Kier molecular flexibility index (Phi) is 7.12. The molecule has 4 rings (SSSR count). The third kappa shape index (κ3) is 4.97. The number of aryl methyl sites for hydroxylation is 1. The maximum Gasteiger partial charge on any atom is 0.416 e. The van der Waals surface area contributed by atoms with Crippen molar-refractivity contribution in [3.8, 4) is 0 Å². The lowest BCUT2D eigenvalue weighted by molar-refractivity contribution is -0.139. The molecule has 3 aromatic rings. The van der Waals surface area contributed by atoms with Gasteiger partial charge in [-0.05, 0) is 61.6 Å². The number of aromatic nitrogens is 1. The van der Waals surface area contributed by atoms with Gasteiger partial charge in [0.25, 0.3) is 5.91 Å². The van der Waals surface area contributed by atoms with Gasteiger partial charge in [-0.3, -0.25) is 14.2 Å². The number of nitrogens with zero attached hydrogens (tertiary/aromatic N) is 2. The van der Waals surface area contributed by atoms with E-state index in [9.17, 15) is 22.8 Å². The molecule has 1 fully saturated rings. The van der Waals surface area contributed by atoms with Crippen LogP contribution in [0.4, 0.5) is 13.2 Å². The van der Waals surface area contributed by atoms with E-state index in [1.54, 1.807) is 12.1 Å². The highest BCUT2D eigenvalue weighted by Gasteiger charge is 2.32. The van der Waals surface area contributed by atoms with Gasteiger partial charge in [-0.15, -0.1) is 0 Å². The number of carbonyl (C=O) groups is 2. The molecule has 1 aliphatic heterocycles. The van der Waals surface area contributed by atoms with Crippen LogP contribution in [-0.2, 0) is 11.0 Å². The summed E-state index contributed by atoms with van der Waals surface area (Å²) in [6, 6.07) is 6.66. The Morgan fingerprint density at radius 2 is 1.81 bits per heavy atom. The summed E-state index contributed by atoms with van der Waals surface area (Å²) in [7, 11) is 0. The number of hydrogen-bond donors (Lipinski definition) is 1. The SMILES string of the molecule is C=C(c1ccc(Cl)c(C(=O)n2ccc3cc(C(F)(F)F)cc(C)c32)c1Cl)N1CCC(CC(=O)O)CC1. The molecule has 190 valence electrons. The fourth-order valence-corrected chi connectivity index (χ4v) is 5.38. The first-order valence-corrected chi connectivity index (χ1v) is 12.0. The number of halogens is 5. The minimum Gasteiger partial charge on any atom is -0.481 e. The molecule has 1 aliphatic rings. The predicted octanol–water partition coefficient (Wildman–Crippen LogP) is 7.12. The van der Waals surface area contributed by atoms with Gasteiger partial charge >= 0.3 is 12.1 Å². The molecule has 1 N–H and O–H groups in total. The fourth-order valence-electron chi connectivity index (χ4n) is 4.74. The fraction of sp³-hybridized carbons (Fsp3) is 0.308. The Morgan fingerprint density at radius 1 is 1.14 bits per heavy atom. The van der Waals surface area contributed by atoms with E-state index in [1.165, 1.54) is 23.8 Å². The second-order valence-electron chi connectivity index (χ2n) is 8.98. The summed E-state index contributed by atoms with van der Waals surface area (Å²) in [4.78, 5) is 26.6. The Balaban J connectivity index is 1.66. The van der Waals surface area contributed by atoms with Crippen molar-refractivity contribution in [3.05, 3.63) is 75.4 Å². The summed E-state index contributed by atoms with van der Waals surface area (Å²) in [5, 5.41) is 9.50. The number of fused-ring (bicyclic) bond motifs is 1. The van der Waals surface area contributed by atoms with E-state index in [0.29, 0.717) is 42.7 Å². The van der Waals surface area contributed by atoms with Gasteiger partial charge in [0.2, 0.25) is 0 Å². The van der Waals surface area contributed by atoms with Crippen LogP contribution in [0, 0.1) is 12.8 Å². The molecule has 0 bridgehead atoms. The van der Waals surface area contributed by atoms with Crippen molar-refractivity contribution < 1.29 is 27.9 Å². The smallest absolute Gasteiger partial charge is 0.416 e. The molecule has 0 amide bonds. The first-order valence-electron chi connectivity index (χ1n) is 11.3. The van der Waals surface area contributed by atoms with Gasteiger partial charge in [0.1, 0.15) is 0 Å². The number of alkyl halides is 3. The maximum atomic E-state index is 13.6. The third-order valence-corrected chi connectivity index (χ3v) is 7.30. The number of likely N-dealkylation sites (tertiary alicyclic amines) is 1. The highest BCUT2D eigenvalue weighted by atomic mass is 35.5. The number of carboxylic acids is 1. The molecule has 36 heavy (non-hydrogen) atoms. The van der Waals surface area contributed by atoms with Crippen LogP contribution in [0.1, 0.15) is 46.3 Å². The molecule has 0 aliphatic carbocycles. The number of piperidine rings is 1. The van der Waals surface area contributed by atoms with Crippen LogP contribution in [0.25, 0.3) is 16.6 Å². The van der Waals surface area contributed by atoms with Crippen LogP contribution in [0.15, 0.2) is 43.1 Å². The van der Waals surface area contributed by atoms with Gasteiger partial charge in [0, 0.05) is 42.4 Å². The lowest BCUT2D eigenvalue weighted by atomic mass is 9.93. The van der Waals surface area contributed by atoms with E-state index in [2.05, 4.69) is 6.58 Å². The number of carbonyl (C=O) groups excluding carboxylic acids is 1. The molecule has 5 nitrogen and oxygen atoms in total. The summed E-state index contributed by atoms with van der Waals surface area (Å²) >= 11 is 13.1. The Hall–Kier alpha value is -2.97. The van der Waals surface area contributed by atoms with Gasteiger partial charge in [-0.25, -0.2) is 0 Å². The average Bonchev–Trinajstić information content (AvgIpc) is 3.23. The van der Waals surface area contributed by atoms with Crippen LogP contribution in [0.2, 0.25) is 10.0 Å². The molecule has 1 aromatic heterocycles. The average molecular weight is 539 g/mol. The van der Waals surface area contributed by atoms with E-state index < -0.39 is 23.6 Å². The monoisotopic (exact) mass is 538 g/mol. The lowest BCUT2D eigenvalue weighted by Crippen LogP contribution is -2.33. The first-order chi connectivity index (χ1) is 16.9. The summed E-state index contributed by atoms with van der Waals surface area (Å²) < 4.78 is 41.0. The summed E-state index contributed by atoms with van der Waals surface area (Å²) in [6.45, 7) is 6.85. The van der Waals surface area contributed by atoms with Crippen LogP contribution in [-0.4, -0.2) is 39.5 Å². The van der Waals surface area contributed by atoms with Crippen molar-refractivity contribution in [2.24, 2.45) is 5.92 Å². The van der Waals surface area contributed by atoms with Crippen LogP contribution >= 0.6 is 23.2 Å². The standard InChI is InChI=1S/C26H23Cl2F3N2O3/c1-14-11-18(26(29,30)31)13-17-7-10-33(24(14)17)25(36)22-20(27)4-3-19(23(22)28)15(2)32-8-5-16(6-9-32)12-21(34)35/h3-4,7,10-11,13,16H,2,5-6,8-9,12H2,1H3,(H,34,35). The van der Waals surface area contributed by atoms with E-state index in [1.807, 2.05) is 4.90 Å². The molecule has 2 heterocycles. The second-order valence-corrected chi connectivity index (χ2v) is 9.76. The highest BCUT2D eigenvalue weighted by Crippen LogP contribution is 2.37. The van der Waals surface area contributed by atoms with Gasteiger partial charge in [0.15, 0.2) is 0 Å². The van der Waals surface area contributed by atoms with Gasteiger partial charge < -0.3 is 10.0 Å². The van der Waals surface area contributed by atoms with Crippen LogP contribution < -0.4 is 0 Å². The van der Waals surface area contributed by atoms with Crippen molar-refractivity contribution in [3.63, 3.8) is 0 Å². The number of aliphatic carboxylic acids is 1. The van der Waals surface area contributed by atoms with Crippen molar-refractivity contribution in [2.75, 3.05) is 13.1 Å². The Bertz CT molecular complexity index is 1370. The molecular formula is C26H23Cl2F3N2O3. The van der Waals surface area contributed by atoms with Gasteiger partial charge in [0.05, 0.1) is 26.7 Å². The van der Waals surface area contributed by atoms with Crippen LogP contribution in [0.3, 0.4) is 0 Å². The summed E-state index contributed by atoms with van der Waals surface area (Å²) in [5.74, 6) is -1.30. The number of hydrogen-bond acceptors (Lipinski definition) is 3. The largest absolute Gasteiger partial charge is 0.481 e. The van der Waals surface area contributed by atoms with Crippen molar-refractivity contribution in [1.82, 2.24) is 9.47 Å². The highest BCUT2D eigenvalue weighted by molar-refractivity contribution is 6.41. The second kappa shape index (κ2) is 9.82. The van der Waals surface area contributed by atoms with Crippen molar-refractivity contribution in [1.29, 1.82) is 0 Å². The Labute approximate surface area is 215 Å². The molecule has 1 saturated heterocycles. The lowest BCUT2D eigenvalue weighted by Gasteiger charge is -2.34. The predicted molar refractivity (Wildman–Crippen MR) is 133 cm³/mol. The first kappa shape index (κ1) is 26.1. The van der Waals surface area contributed by atoms with E-state index in [0.717, 1.165) is 12.1 Å². The number of benzene rings is 2. The normalized spacial score (nSPS) is 14.9. The van der Waals surface area contributed by atoms with Crippen molar-refractivity contribution >= 4 is 51.7 Å². The summed E-state index contributed by atoms with van der Waals surface area (Å²) in [5.41, 5.74) is 0.949. The minimum absolute atomic E-state index is 0.0227. The Morgan fingerprint density at radius 3 is 2.42 bits per heavy atom.